The highest BCUT2D eigenvalue weighted by Crippen LogP contribution is 2.23. The molecule has 37 heavy (non-hydrogen) atoms. The van der Waals surface area contributed by atoms with Crippen LogP contribution in [0, 0.1) is 0 Å². The van der Waals surface area contributed by atoms with Crippen molar-refractivity contribution in [2.75, 3.05) is 6.54 Å². The van der Waals surface area contributed by atoms with Crippen molar-refractivity contribution in [2.45, 2.75) is 70.5 Å². The SMILES string of the molecule is CCCCCC1NC(=O)c2coc(n2)C(CCCCN)NC(=O)c2coc(n2)CNC(=O)c2coc1n2. The summed E-state index contributed by atoms with van der Waals surface area (Å²) in [6.07, 6.45) is 8.93. The van der Waals surface area contributed by atoms with Crippen molar-refractivity contribution in [2.24, 2.45) is 5.73 Å². The first-order chi connectivity index (χ1) is 18.0. The van der Waals surface area contributed by atoms with Gasteiger partial charge in [0, 0.05) is 0 Å². The number of rotatable bonds is 8. The molecule has 0 aromatic carbocycles. The third kappa shape index (κ3) is 6.61. The van der Waals surface area contributed by atoms with Crippen molar-refractivity contribution < 1.29 is 27.6 Å². The van der Waals surface area contributed by atoms with Gasteiger partial charge in [0.15, 0.2) is 17.1 Å². The fourth-order valence-corrected chi connectivity index (χ4v) is 3.92. The van der Waals surface area contributed by atoms with E-state index in [1.165, 1.54) is 18.8 Å². The Bertz CT molecular complexity index is 1210. The van der Waals surface area contributed by atoms with Gasteiger partial charge in [0.2, 0.25) is 17.7 Å². The second-order valence-electron chi connectivity index (χ2n) is 8.78. The molecule has 4 heterocycles. The first-order valence-corrected chi connectivity index (χ1v) is 12.4. The summed E-state index contributed by atoms with van der Waals surface area (Å²) >= 11 is 0. The first kappa shape index (κ1) is 26.1. The summed E-state index contributed by atoms with van der Waals surface area (Å²) in [5.74, 6) is -0.971. The maximum Gasteiger partial charge on any atom is 0.273 e. The Kier molecular flexibility index (Phi) is 8.67. The molecule has 13 heteroatoms. The number of unbranched alkanes of at least 4 members (excludes halogenated alkanes) is 3. The van der Waals surface area contributed by atoms with Crippen molar-refractivity contribution in [3.63, 3.8) is 0 Å². The number of oxazole rings is 3. The van der Waals surface area contributed by atoms with E-state index in [0.29, 0.717) is 25.8 Å². The Morgan fingerprint density at radius 3 is 1.92 bits per heavy atom. The van der Waals surface area contributed by atoms with Crippen LogP contribution in [0.2, 0.25) is 0 Å². The number of nitrogens with two attached hydrogens (primary N) is 1. The average molecular weight is 514 g/mol. The molecular formula is C24H31N7O6. The van der Waals surface area contributed by atoms with Gasteiger partial charge in [-0.2, -0.15) is 0 Å². The highest BCUT2D eigenvalue weighted by Gasteiger charge is 2.27. The van der Waals surface area contributed by atoms with E-state index in [0.717, 1.165) is 25.7 Å². The number of carbonyl (C=O) groups is 3. The lowest BCUT2D eigenvalue weighted by Gasteiger charge is -2.15. The van der Waals surface area contributed by atoms with Crippen LogP contribution < -0.4 is 21.7 Å². The number of fused-ring (bicyclic) bond motifs is 6. The molecule has 2 atom stereocenters. The number of nitrogens with one attached hydrogen (secondary N) is 3. The zero-order chi connectivity index (χ0) is 26.2. The van der Waals surface area contributed by atoms with E-state index in [-0.39, 0.29) is 41.3 Å². The number of amides is 3. The van der Waals surface area contributed by atoms with Gasteiger partial charge in [0.25, 0.3) is 17.7 Å². The van der Waals surface area contributed by atoms with Crippen LogP contribution in [0.25, 0.3) is 0 Å². The van der Waals surface area contributed by atoms with Gasteiger partial charge >= 0.3 is 0 Å². The van der Waals surface area contributed by atoms with Crippen LogP contribution in [0.15, 0.2) is 32.0 Å². The zero-order valence-electron chi connectivity index (χ0n) is 20.6. The fraction of sp³-hybridized carbons (Fsp3) is 0.500. The molecule has 0 saturated heterocycles. The van der Waals surface area contributed by atoms with Crippen molar-refractivity contribution in [1.29, 1.82) is 0 Å². The largest absolute Gasteiger partial charge is 0.446 e. The number of nitrogens with zero attached hydrogens (tertiary/aromatic N) is 3. The third-order valence-electron chi connectivity index (χ3n) is 5.94. The number of hydrogen-bond acceptors (Lipinski definition) is 10. The summed E-state index contributed by atoms with van der Waals surface area (Å²) in [5.41, 5.74) is 5.73. The second-order valence-corrected chi connectivity index (χ2v) is 8.78. The van der Waals surface area contributed by atoms with Gasteiger partial charge in [-0.3, -0.25) is 14.4 Å². The monoisotopic (exact) mass is 513 g/mol. The molecule has 0 saturated carbocycles. The Balaban J connectivity index is 1.65. The van der Waals surface area contributed by atoms with E-state index in [1.807, 2.05) is 0 Å². The smallest absolute Gasteiger partial charge is 0.273 e. The molecule has 1 aliphatic heterocycles. The molecule has 0 radical (unpaired) electrons. The maximum atomic E-state index is 13.1. The minimum Gasteiger partial charge on any atom is -0.446 e. The molecule has 0 spiro atoms. The zero-order valence-corrected chi connectivity index (χ0v) is 20.6. The normalized spacial score (nSPS) is 18.5. The maximum absolute atomic E-state index is 13.1. The lowest BCUT2D eigenvalue weighted by Crippen LogP contribution is -2.31. The van der Waals surface area contributed by atoms with Crippen molar-refractivity contribution >= 4 is 17.7 Å². The van der Waals surface area contributed by atoms with E-state index in [9.17, 15) is 14.4 Å². The molecular weight excluding hydrogens is 482 g/mol. The second kappa shape index (κ2) is 12.3. The lowest BCUT2D eigenvalue weighted by molar-refractivity contribution is 0.0916. The van der Waals surface area contributed by atoms with Gasteiger partial charge < -0.3 is 34.9 Å². The van der Waals surface area contributed by atoms with Crippen LogP contribution in [0.1, 0.15) is 113 Å². The number of aromatic nitrogens is 3. The molecule has 4 rings (SSSR count). The predicted octanol–water partition coefficient (Wildman–Crippen LogP) is 2.55. The summed E-state index contributed by atoms with van der Waals surface area (Å²) in [5, 5.41) is 8.36. The van der Waals surface area contributed by atoms with Crippen molar-refractivity contribution in [3.05, 3.63) is 53.5 Å². The van der Waals surface area contributed by atoms with Crippen molar-refractivity contribution in [1.82, 2.24) is 30.9 Å². The van der Waals surface area contributed by atoms with Gasteiger partial charge in [0.1, 0.15) is 30.9 Å². The van der Waals surface area contributed by atoms with Crippen LogP contribution in [0.5, 0.6) is 0 Å². The fourth-order valence-electron chi connectivity index (χ4n) is 3.92. The standard InChI is InChI=1S/C24H31N7O6/c1-2-3-4-7-14-23-30-16(12-36-23)20(32)26-10-19-27-17(11-35-19)21(33)28-15(8-5-6-9-25)24-31-18(13-37-24)22(34)29-14/h11-15H,2-10,25H2,1H3,(H,26,32)(H,28,33)(H,29,34). The highest BCUT2D eigenvalue weighted by molar-refractivity contribution is 5.93. The molecule has 198 valence electrons. The topological polar surface area (TPSA) is 191 Å². The van der Waals surface area contributed by atoms with Crippen LogP contribution in [0.4, 0.5) is 0 Å². The van der Waals surface area contributed by atoms with Gasteiger partial charge in [0.05, 0.1) is 6.54 Å². The molecule has 3 aromatic heterocycles. The minimum absolute atomic E-state index is 0.0253. The Labute approximate surface area is 213 Å². The molecule has 5 N–H and O–H groups in total. The molecule has 3 aromatic rings. The van der Waals surface area contributed by atoms with Gasteiger partial charge in [-0.15, -0.1) is 0 Å². The molecule has 0 aliphatic carbocycles. The van der Waals surface area contributed by atoms with Crippen LogP contribution in [-0.4, -0.2) is 39.2 Å². The molecule has 3 amide bonds. The summed E-state index contributed by atoms with van der Waals surface area (Å²) in [6.45, 7) is 2.51. The minimum atomic E-state index is -0.617. The summed E-state index contributed by atoms with van der Waals surface area (Å²) < 4.78 is 16.5. The van der Waals surface area contributed by atoms with E-state index >= 15 is 0 Å². The van der Waals surface area contributed by atoms with Gasteiger partial charge in [-0.25, -0.2) is 15.0 Å². The van der Waals surface area contributed by atoms with Crippen LogP contribution in [0.3, 0.4) is 0 Å². The Hall–Kier alpha value is -4.00. The van der Waals surface area contributed by atoms with E-state index in [4.69, 9.17) is 19.0 Å². The van der Waals surface area contributed by atoms with Crippen molar-refractivity contribution in [3.8, 4) is 0 Å². The summed E-state index contributed by atoms with van der Waals surface area (Å²) in [7, 11) is 0. The predicted molar refractivity (Wildman–Crippen MR) is 128 cm³/mol. The number of carbonyl (C=O) groups excluding carboxylic acids is 3. The lowest BCUT2D eigenvalue weighted by atomic mass is 10.1. The third-order valence-corrected chi connectivity index (χ3v) is 5.94. The van der Waals surface area contributed by atoms with Gasteiger partial charge in [-0.05, 0) is 32.2 Å². The van der Waals surface area contributed by atoms with Crippen LogP contribution >= 0.6 is 0 Å². The number of hydrogen-bond donors (Lipinski definition) is 4. The van der Waals surface area contributed by atoms with Gasteiger partial charge in [-0.1, -0.05) is 26.2 Å². The Morgan fingerprint density at radius 1 is 0.784 bits per heavy atom. The average Bonchev–Trinajstić information content (AvgIpc) is 3.66. The molecule has 1 aliphatic rings. The van der Waals surface area contributed by atoms with E-state index in [2.05, 4.69) is 37.8 Å². The quantitative estimate of drug-likeness (QED) is 0.325. The Morgan fingerprint density at radius 2 is 1.32 bits per heavy atom. The highest BCUT2D eigenvalue weighted by atomic mass is 16.4. The first-order valence-electron chi connectivity index (χ1n) is 12.4. The molecule has 2 unspecified atom stereocenters. The molecule has 13 nitrogen and oxygen atoms in total. The van der Waals surface area contributed by atoms with Crippen LogP contribution in [-0.2, 0) is 6.54 Å². The summed E-state index contributed by atoms with van der Waals surface area (Å²) in [6, 6.07) is -1.19. The van der Waals surface area contributed by atoms with E-state index < -0.39 is 29.8 Å². The molecule has 0 fully saturated rings. The molecule has 6 bridgehead atoms. The van der Waals surface area contributed by atoms with E-state index in [1.54, 1.807) is 0 Å². The summed E-state index contributed by atoms with van der Waals surface area (Å²) in [4.78, 5) is 51.3.